The number of benzene rings is 2. The van der Waals surface area contributed by atoms with E-state index in [2.05, 4.69) is 4.99 Å². The molecule has 10 nitrogen and oxygen atoms in total. The van der Waals surface area contributed by atoms with E-state index in [9.17, 15) is 19.5 Å². The summed E-state index contributed by atoms with van der Waals surface area (Å²) < 4.78 is 24.1. The number of aromatic carboxylic acids is 1. The maximum Gasteiger partial charge on any atom is 0.338 e. The topological polar surface area (TPSA) is 130 Å². The summed E-state index contributed by atoms with van der Waals surface area (Å²) in [6.45, 7) is 3.56. The van der Waals surface area contributed by atoms with E-state index in [1.165, 1.54) is 30.9 Å². The molecule has 1 atom stereocenters. The molecular formula is C30H26N2O8S. The molecule has 0 bridgehead atoms. The molecule has 0 amide bonds. The Morgan fingerprint density at radius 1 is 1.12 bits per heavy atom. The van der Waals surface area contributed by atoms with E-state index in [1.807, 2.05) is 0 Å². The van der Waals surface area contributed by atoms with Crippen molar-refractivity contribution in [3.63, 3.8) is 0 Å². The summed E-state index contributed by atoms with van der Waals surface area (Å²) in [7, 11) is 3.04. The van der Waals surface area contributed by atoms with Gasteiger partial charge in [-0.05, 0) is 56.3 Å². The van der Waals surface area contributed by atoms with Crippen LogP contribution in [0.3, 0.4) is 0 Å². The number of rotatable bonds is 8. The molecule has 1 aliphatic heterocycles. The van der Waals surface area contributed by atoms with Crippen molar-refractivity contribution >= 4 is 29.4 Å². The van der Waals surface area contributed by atoms with Gasteiger partial charge in [0.2, 0.25) is 0 Å². The van der Waals surface area contributed by atoms with E-state index in [-0.39, 0.29) is 23.3 Å². The second-order valence-corrected chi connectivity index (χ2v) is 10.0. The molecule has 1 unspecified atom stereocenters. The van der Waals surface area contributed by atoms with Gasteiger partial charge < -0.3 is 23.7 Å². The van der Waals surface area contributed by atoms with Crippen molar-refractivity contribution in [2.75, 3.05) is 20.8 Å². The minimum absolute atomic E-state index is 0.134. The minimum Gasteiger partial charge on any atom is -0.497 e. The summed E-state index contributed by atoms with van der Waals surface area (Å²) in [5, 5.41) is 9.31. The molecule has 1 aliphatic rings. The SMILES string of the molecule is CCOC(=O)C1=C(C)N=c2s/c(=C/c3ccc(-c4cccc(C(=O)O)c4)o3)c(=O)n2C1c1cc(OC)ccc1OC. The van der Waals surface area contributed by atoms with Gasteiger partial charge in [0.05, 0.1) is 42.2 Å². The molecule has 2 aromatic carbocycles. The zero-order valence-electron chi connectivity index (χ0n) is 22.7. The van der Waals surface area contributed by atoms with E-state index in [0.717, 1.165) is 11.3 Å². The van der Waals surface area contributed by atoms with Gasteiger partial charge in [-0.3, -0.25) is 9.36 Å². The maximum absolute atomic E-state index is 13.9. The number of nitrogens with zero attached hydrogens (tertiary/aromatic N) is 2. The van der Waals surface area contributed by atoms with Crippen molar-refractivity contribution in [1.29, 1.82) is 0 Å². The zero-order chi connectivity index (χ0) is 29.3. The standard InChI is InChI=1S/C30H26N2O8S/c1-5-39-29(36)25-16(2)31-30-32(26(25)21-14-19(37-3)9-12-23(21)38-4)27(33)24(41-30)15-20-10-11-22(40-20)17-7-6-8-18(13-17)28(34)35/h6-15,26H,5H2,1-4H3,(H,34,35)/b24-15+. The Morgan fingerprint density at radius 3 is 2.63 bits per heavy atom. The molecule has 5 rings (SSSR count). The normalized spacial score (nSPS) is 14.8. The third-order valence-electron chi connectivity index (χ3n) is 6.54. The third kappa shape index (κ3) is 5.19. The van der Waals surface area contributed by atoms with Gasteiger partial charge in [0.25, 0.3) is 5.56 Å². The van der Waals surface area contributed by atoms with Crippen LogP contribution in [-0.2, 0) is 9.53 Å². The summed E-state index contributed by atoms with van der Waals surface area (Å²) in [6, 6.07) is 14.1. The zero-order valence-corrected chi connectivity index (χ0v) is 23.5. The molecule has 210 valence electrons. The molecule has 0 spiro atoms. The lowest BCUT2D eigenvalue weighted by Crippen LogP contribution is -2.40. The Labute approximate surface area is 238 Å². The second kappa shape index (κ2) is 11.3. The van der Waals surface area contributed by atoms with Crippen molar-refractivity contribution in [2.24, 2.45) is 4.99 Å². The number of esters is 1. The second-order valence-electron chi connectivity index (χ2n) is 9.00. The predicted molar refractivity (Wildman–Crippen MR) is 151 cm³/mol. The van der Waals surface area contributed by atoms with Crippen molar-refractivity contribution in [3.8, 4) is 22.8 Å². The molecule has 4 aromatic rings. The van der Waals surface area contributed by atoms with Crippen LogP contribution in [0.15, 0.2) is 80.1 Å². The smallest absolute Gasteiger partial charge is 0.338 e. The van der Waals surface area contributed by atoms with Crippen LogP contribution in [-0.4, -0.2) is 42.4 Å². The molecule has 41 heavy (non-hydrogen) atoms. The highest BCUT2D eigenvalue weighted by Crippen LogP contribution is 2.37. The van der Waals surface area contributed by atoms with Gasteiger partial charge in [0.15, 0.2) is 4.80 Å². The van der Waals surface area contributed by atoms with Gasteiger partial charge in [-0.15, -0.1) is 0 Å². The number of hydrogen-bond acceptors (Lipinski definition) is 9. The fourth-order valence-electron chi connectivity index (χ4n) is 4.66. The van der Waals surface area contributed by atoms with Crippen LogP contribution in [0.4, 0.5) is 0 Å². The van der Waals surface area contributed by atoms with Crippen LogP contribution in [0.1, 0.15) is 41.6 Å². The van der Waals surface area contributed by atoms with Crippen molar-refractivity contribution in [1.82, 2.24) is 4.57 Å². The van der Waals surface area contributed by atoms with Crippen molar-refractivity contribution < 1.29 is 33.3 Å². The number of carboxylic acids is 1. The van der Waals surface area contributed by atoms with Crippen molar-refractivity contribution in [3.05, 3.63) is 102 Å². The lowest BCUT2D eigenvalue weighted by molar-refractivity contribution is -0.139. The average molecular weight is 575 g/mol. The summed E-state index contributed by atoms with van der Waals surface area (Å²) in [4.78, 5) is 43.4. The van der Waals surface area contributed by atoms with Gasteiger partial charge >= 0.3 is 11.9 Å². The average Bonchev–Trinajstić information content (AvgIpc) is 3.56. The van der Waals surface area contributed by atoms with Crippen LogP contribution in [0.2, 0.25) is 0 Å². The fraction of sp³-hybridized carbons (Fsp3) is 0.200. The van der Waals surface area contributed by atoms with Crippen LogP contribution < -0.4 is 24.4 Å². The van der Waals surface area contributed by atoms with Crippen LogP contribution in [0.25, 0.3) is 17.4 Å². The molecule has 2 aromatic heterocycles. The number of fused-ring (bicyclic) bond motifs is 1. The summed E-state index contributed by atoms with van der Waals surface area (Å²) in [5.41, 5.74) is 1.51. The molecule has 3 heterocycles. The van der Waals surface area contributed by atoms with Gasteiger partial charge in [-0.1, -0.05) is 23.5 Å². The monoisotopic (exact) mass is 574 g/mol. The Hall–Kier alpha value is -4.90. The highest BCUT2D eigenvalue weighted by molar-refractivity contribution is 7.07. The van der Waals surface area contributed by atoms with Crippen LogP contribution >= 0.6 is 11.3 Å². The van der Waals surface area contributed by atoms with E-state index < -0.39 is 18.0 Å². The number of methoxy groups -OCH3 is 2. The van der Waals surface area contributed by atoms with Gasteiger partial charge in [-0.2, -0.15) is 0 Å². The van der Waals surface area contributed by atoms with E-state index >= 15 is 0 Å². The number of carboxylic acid groups (broad SMARTS) is 1. The highest BCUT2D eigenvalue weighted by Gasteiger charge is 2.35. The molecule has 0 saturated carbocycles. The Balaban J connectivity index is 1.66. The van der Waals surface area contributed by atoms with Gasteiger partial charge in [0, 0.05) is 17.2 Å². The number of hydrogen-bond donors (Lipinski definition) is 1. The number of allylic oxidation sites excluding steroid dienone is 1. The summed E-state index contributed by atoms with van der Waals surface area (Å²) >= 11 is 1.15. The fourth-order valence-corrected chi connectivity index (χ4v) is 5.69. The van der Waals surface area contributed by atoms with E-state index in [0.29, 0.717) is 49.2 Å². The summed E-state index contributed by atoms with van der Waals surface area (Å²) in [6.07, 6.45) is 1.59. The Morgan fingerprint density at radius 2 is 1.93 bits per heavy atom. The molecule has 11 heteroatoms. The maximum atomic E-state index is 13.9. The first-order chi connectivity index (χ1) is 19.7. The molecule has 0 fully saturated rings. The Kier molecular flexibility index (Phi) is 7.62. The van der Waals surface area contributed by atoms with E-state index in [1.54, 1.807) is 62.4 Å². The number of aromatic nitrogens is 1. The van der Waals surface area contributed by atoms with Crippen LogP contribution in [0, 0.1) is 0 Å². The lowest BCUT2D eigenvalue weighted by atomic mass is 9.95. The minimum atomic E-state index is -1.04. The predicted octanol–water partition coefficient (Wildman–Crippen LogP) is 3.77. The number of carbonyl (C=O) groups is 2. The first-order valence-electron chi connectivity index (χ1n) is 12.6. The number of carbonyl (C=O) groups excluding carboxylic acids is 1. The van der Waals surface area contributed by atoms with E-state index in [4.69, 9.17) is 18.6 Å². The largest absolute Gasteiger partial charge is 0.497 e. The molecular weight excluding hydrogens is 548 g/mol. The summed E-state index contributed by atoms with van der Waals surface area (Å²) in [5.74, 6) is 0.197. The molecule has 0 radical (unpaired) electrons. The number of thiazole rings is 1. The van der Waals surface area contributed by atoms with Crippen LogP contribution in [0.5, 0.6) is 11.5 Å². The van der Waals surface area contributed by atoms with Gasteiger partial charge in [-0.25, -0.2) is 14.6 Å². The molecule has 0 saturated heterocycles. The highest BCUT2D eigenvalue weighted by atomic mass is 32.1. The number of furan rings is 1. The molecule has 0 aliphatic carbocycles. The van der Waals surface area contributed by atoms with Crippen molar-refractivity contribution in [2.45, 2.75) is 19.9 Å². The molecule has 1 N–H and O–H groups in total. The number of ether oxygens (including phenoxy) is 3. The first kappa shape index (κ1) is 27.7. The Bertz CT molecular complexity index is 1880. The first-order valence-corrected chi connectivity index (χ1v) is 13.4. The third-order valence-corrected chi connectivity index (χ3v) is 7.53. The lowest BCUT2D eigenvalue weighted by Gasteiger charge is -2.26. The quantitative estimate of drug-likeness (QED) is 0.315. The van der Waals surface area contributed by atoms with Gasteiger partial charge in [0.1, 0.15) is 29.1 Å².